The van der Waals surface area contributed by atoms with Crippen molar-refractivity contribution in [1.29, 1.82) is 0 Å². The molecule has 0 amide bonds. The Morgan fingerprint density at radius 2 is 2.03 bits per heavy atom. The van der Waals surface area contributed by atoms with Crippen molar-refractivity contribution >= 4 is 11.8 Å². The molecule has 1 aliphatic rings. The van der Waals surface area contributed by atoms with Crippen LogP contribution in [0.1, 0.15) is 31.7 Å². The SMILES string of the molecule is CN=C(NCc1ccnc(N2CCCCC2)c1)NCC(C)Oc1cccc(F)c1. The number of aromatic nitrogens is 1. The Morgan fingerprint density at radius 3 is 2.79 bits per heavy atom. The van der Waals surface area contributed by atoms with E-state index in [1.807, 2.05) is 19.2 Å². The Kier molecular flexibility index (Phi) is 7.67. The molecular formula is C22H30FN5O. The lowest BCUT2D eigenvalue weighted by Crippen LogP contribution is -2.41. The molecule has 156 valence electrons. The van der Waals surface area contributed by atoms with Crippen LogP contribution in [0.25, 0.3) is 0 Å². The predicted molar refractivity (Wildman–Crippen MR) is 115 cm³/mol. The van der Waals surface area contributed by atoms with Crippen LogP contribution in [0.2, 0.25) is 0 Å². The first kappa shape index (κ1) is 20.9. The Morgan fingerprint density at radius 1 is 1.21 bits per heavy atom. The van der Waals surface area contributed by atoms with Crippen LogP contribution in [-0.2, 0) is 6.54 Å². The molecule has 2 N–H and O–H groups in total. The molecule has 0 bridgehead atoms. The van der Waals surface area contributed by atoms with E-state index in [9.17, 15) is 4.39 Å². The van der Waals surface area contributed by atoms with Crippen LogP contribution >= 0.6 is 0 Å². The predicted octanol–water partition coefficient (Wildman–Crippen LogP) is 3.34. The van der Waals surface area contributed by atoms with Crippen LogP contribution in [0.3, 0.4) is 0 Å². The number of nitrogens with one attached hydrogen (secondary N) is 2. The van der Waals surface area contributed by atoms with Crippen LogP contribution in [0.5, 0.6) is 5.75 Å². The zero-order valence-electron chi connectivity index (χ0n) is 17.2. The molecule has 1 aliphatic heterocycles. The number of rotatable bonds is 7. The highest BCUT2D eigenvalue weighted by molar-refractivity contribution is 5.79. The van der Waals surface area contributed by atoms with Gasteiger partial charge in [-0.05, 0) is 56.0 Å². The smallest absolute Gasteiger partial charge is 0.191 e. The van der Waals surface area contributed by atoms with Crippen molar-refractivity contribution in [1.82, 2.24) is 15.6 Å². The normalized spacial score (nSPS) is 15.7. The van der Waals surface area contributed by atoms with Crippen LogP contribution < -0.4 is 20.3 Å². The minimum absolute atomic E-state index is 0.137. The summed E-state index contributed by atoms with van der Waals surface area (Å²) in [5, 5.41) is 6.57. The second-order valence-electron chi connectivity index (χ2n) is 7.26. The molecule has 2 aromatic rings. The van der Waals surface area contributed by atoms with Crippen molar-refractivity contribution in [2.24, 2.45) is 4.99 Å². The average molecular weight is 400 g/mol. The van der Waals surface area contributed by atoms with E-state index in [0.29, 0.717) is 24.8 Å². The lowest BCUT2D eigenvalue weighted by atomic mass is 10.1. The van der Waals surface area contributed by atoms with Gasteiger partial charge in [0.05, 0.1) is 6.54 Å². The molecule has 0 saturated carbocycles. The molecule has 1 atom stereocenters. The van der Waals surface area contributed by atoms with Gasteiger partial charge in [-0.3, -0.25) is 4.99 Å². The van der Waals surface area contributed by atoms with Gasteiger partial charge in [0.2, 0.25) is 0 Å². The fourth-order valence-electron chi connectivity index (χ4n) is 3.33. The second-order valence-corrected chi connectivity index (χ2v) is 7.26. The number of benzene rings is 1. The Labute approximate surface area is 172 Å². The number of hydrogen-bond acceptors (Lipinski definition) is 4. The molecule has 7 heteroatoms. The summed E-state index contributed by atoms with van der Waals surface area (Å²) >= 11 is 0. The third kappa shape index (κ3) is 6.62. The largest absolute Gasteiger partial charge is 0.489 e. The lowest BCUT2D eigenvalue weighted by molar-refractivity contribution is 0.223. The number of halogens is 1. The summed E-state index contributed by atoms with van der Waals surface area (Å²) in [7, 11) is 1.74. The Hall–Kier alpha value is -2.83. The number of hydrogen-bond donors (Lipinski definition) is 2. The minimum atomic E-state index is -0.304. The number of nitrogens with zero attached hydrogens (tertiary/aromatic N) is 3. The first-order valence-electron chi connectivity index (χ1n) is 10.2. The van der Waals surface area contributed by atoms with E-state index in [0.717, 1.165) is 24.5 Å². The zero-order chi connectivity index (χ0) is 20.5. The van der Waals surface area contributed by atoms with Crippen molar-refractivity contribution in [2.45, 2.75) is 38.8 Å². The summed E-state index contributed by atoms with van der Waals surface area (Å²) in [5.41, 5.74) is 1.16. The van der Waals surface area contributed by atoms with Gasteiger partial charge in [-0.2, -0.15) is 0 Å². The third-order valence-electron chi connectivity index (χ3n) is 4.86. The van der Waals surface area contributed by atoms with Gasteiger partial charge in [0.1, 0.15) is 23.5 Å². The van der Waals surface area contributed by atoms with E-state index in [-0.39, 0.29) is 11.9 Å². The van der Waals surface area contributed by atoms with Crippen molar-refractivity contribution in [3.63, 3.8) is 0 Å². The highest BCUT2D eigenvalue weighted by Gasteiger charge is 2.12. The number of aliphatic imine (C=N–C) groups is 1. The monoisotopic (exact) mass is 399 g/mol. The van der Waals surface area contributed by atoms with Gasteiger partial charge in [-0.1, -0.05) is 6.07 Å². The molecule has 1 fully saturated rings. The molecule has 1 saturated heterocycles. The number of ether oxygens (including phenoxy) is 1. The molecule has 6 nitrogen and oxygen atoms in total. The van der Waals surface area contributed by atoms with E-state index in [2.05, 4.69) is 31.6 Å². The van der Waals surface area contributed by atoms with Crippen LogP contribution in [0.15, 0.2) is 47.6 Å². The maximum absolute atomic E-state index is 13.3. The molecule has 1 aromatic heterocycles. The highest BCUT2D eigenvalue weighted by atomic mass is 19.1. The minimum Gasteiger partial charge on any atom is -0.489 e. The molecule has 2 heterocycles. The lowest BCUT2D eigenvalue weighted by Gasteiger charge is -2.28. The number of pyridine rings is 1. The molecule has 0 spiro atoms. The van der Waals surface area contributed by atoms with Gasteiger partial charge in [0.15, 0.2) is 5.96 Å². The van der Waals surface area contributed by atoms with Gasteiger partial charge < -0.3 is 20.3 Å². The number of anilines is 1. The van der Waals surface area contributed by atoms with E-state index in [1.165, 1.54) is 31.4 Å². The summed E-state index contributed by atoms with van der Waals surface area (Å²) in [6.45, 7) is 5.29. The van der Waals surface area contributed by atoms with Crippen LogP contribution in [-0.4, -0.2) is 43.7 Å². The highest BCUT2D eigenvalue weighted by Crippen LogP contribution is 2.18. The molecule has 1 aromatic carbocycles. The standard InChI is InChI=1S/C22H30FN5O/c1-17(29-20-8-6-7-19(23)14-20)15-26-22(24-2)27-16-18-9-10-25-21(13-18)28-11-4-3-5-12-28/h6-10,13-14,17H,3-5,11-12,15-16H2,1-2H3,(H2,24,26,27). The van der Waals surface area contributed by atoms with Crippen LogP contribution in [0, 0.1) is 5.82 Å². The molecule has 29 heavy (non-hydrogen) atoms. The maximum Gasteiger partial charge on any atom is 0.191 e. The van der Waals surface area contributed by atoms with Gasteiger partial charge >= 0.3 is 0 Å². The van der Waals surface area contributed by atoms with Crippen LogP contribution in [0.4, 0.5) is 10.2 Å². The Balaban J connectivity index is 1.46. The number of piperidine rings is 1. The molecular weight excluding hydrogens is 369 g/mol. The van der Waals surface area contributed by atoms with Crippen molar-refractivity contribution in [3.8, 4) is 5.75 Å². The van der Waals surface area contributed by atoms with E-state index >= 15 is 0 Å². The molecule has 0 aliphatic carbocycles. The quantitative estimate of drug-likeness (QED) is 0.552. The van der Waals surface area contributed by atoms with Gasteiger partial charge in [-0.25, -0.2) is 9.37 Å². The summed E-state index contributed by atoms with van der Waals surface area (Å²) in [6, 6.07) is 10.3. The summed E-state index contributed by atoms with van der Waals surface area (Å²) in [5.74, 6) is 1.95. The van der Waals surface area contributed by atoms with Crippen molar-refractivity contribution in [3.05, 3.63) is 54.0 Å². The van der Waals surface area contributed by atoms with Gasteiger partial charge in [0, 0.05) is 38.9 Å². The Bertz CT molecular complexity index is 807. The van der Waals surface area contributed by atoms with Crippen molar-refractivity contribution in [2.75, 3.05) is 31.6 Å². The summed E-state index contributed by atoms with van der Waals surface area (Å²) in [4.78, 5) is 11.1. The fourth-order valence-corrected chi connectivity index (χ4v) is 3.33. The molecule has 0 radical (unpaired) electrons. The fraction of sp³-hybridized carbons (Fsp3) is 0.455. The first-order valence-corrected chi connectivity index (χ1v) is 10.2. The summed E-state index contributed by atoms with van der Waals surface area (Å²) < 4.78 is 19.0. The molecule has 3 rings (SSSR count). The third-order valence-corrected chi connectivity index (χ3v) is 4.86. The van der Waals surface area contributed by atoms with Gasteiger partial charge in [-0.15, -0.1) is 0 Å². The van der Waals surface area contributed by atoms with E-state index in [4.69, 9.17) is 4.74 Å². The van der Waals surface area contributed by atoms with E-state index < -0.39 is 0 Å². The van der Waals surface area contributed by atoms with E-state index in [1.54, 1.807) is 19.2 Å². The maximum atomic E-state index is 13.3. The summed E-state index contributed by atoms with van der Waals surface area (Å²) in [6.07, 6.45) is 5.50. The average Bonchev–Trinajstić information content (AvgIpc) is 2.75. The second kappa shape index (κ2) is 10.6. The number of guanidine groups is 1. The van der Waals surface area contributed by atoms with Gasteiger partial charge in [0.25, 0.3) is 0 Å². The topological polar surface area (TPSA) is 61.8 Å². The zero-order valence-corrected chi connectivity index (χ0v) is 17.2. The first-order chi connectivity index (χ1) is 14.1. The van der Waals surface area contributed by atoms with Crippen molar-refractivity contribution < 1.29 is 9.13 Å². The molecule has 1 unspecified atom stereocenters.